The second-order valence-electron chi connectivity index (χ2n) is 5.75. The van der Waals surface area contributed by atoms with Gasteiger partial charge in [0.2, 0.25) is 0 Å². The van der Waals surface area contributed by atoms with Gasteiger partial charge in [-0.15, -0.1) is 0 Å². The van der Waals surface area contributed by atoms with E-state index in [0.29, 0.717) is 18.8 Å². The van der Waals surface area contributed by atoms with Crippen molar-refractivity contribution in [3.63, 3.8) is 0 Å². The van der Waals surface area contributed by atoms with Crippen LogP contribution in [0.4, 0.5) is 0 Å². The Labute approximate surface area is 117 Å². The summed E-state index contributed by atoms with van der Waals surface area (Å²) >= 11 is 0. The third-order valence-corrected chi connectivity index (χ3v) is 4.78. The zero-order chi connectivity index (χ0) is 14.5. The molecule has 0 spiro atoms. The van der Waals surface area contributed by atoms with Gasteiger partial charge < -0.3 is 10.4 Å². The van der Waals surface area contributed by atoms with Crippen molar-refractivity contribution in [2.75, 3.05) is 6.54 Å². The highest BCUT2D eigenvalue weighted by Gasteiger charge is 2.21. The molecule has 3 heteroatoms. The Morgan fingerprint density at radius 1 is 1.37 bits per heavy atom. The molecule has 0 unspecified atom stereocenters. The van der Waals surface area contributed by atoms with E-state index in [1.54, 1.807) is 0 Å². The predicted molar refractivity (Wildman–Crippen MR) is 85.4 cm³/mol. The molecule has 0 heterocycles. The molecule has 0 bridgehead atoms. The van der Waals surface area contributed by atoms with Gasteiger partial charge in [-0.05, 0) is 17.7 Å². The number of phenols is 1. The van der Waals surface area contributed by atoms with Crippen LogP contribution in [0, 0.1) is 11.8 Å². The third-order valence-electron chi connectivity index (χ3n) is 2.76. The van der Waals surface area contributed by atoms with Crippen LogP contribution in [0.25, 0.3) is 0 Å². The topological polar surface area (TPSA) is 32.3 Å². The van der Waals surface area contributed by atoms with Crippen molar-refractivity contribution in [3.05, 3.63) is 35.9 Å². The monoisotopic (exact) mass is 273 g/mol. The van der Waals surface area contributed by atoms with Gasteiger partial charge in [0.05, 0.1) is 14.6 Å². The van der Waals surface area contributed by atoms with Crippen LogP contribution in [0.3, 0.4) is 0 Å². The van der Waals surface area contributed by atoms with Crippen molar-refractivity contribution < 1.29 is 5.11 Å². The summed E-state index contributed by atoms with van der Waals surface area (Å²) in [6, 6.07) is 6.01. The fraction of sp³-hybridized carbons (Fsp3) is 0.375. The zero-order valence-corrected chi connectivity index (χ0v) is 13.3. The van der Waals surface area contributed by atoms with E-state index < -0.39 is 8.07 Å². The van der Waals surface area contributed by atoms with Gasteiger partial charge in [-0.3, -0.25) is 0 Å². The number of aromatic hydroxyl groups is 1. The molecule has 2 N–H and O–H groups in total. The molecule has 0 saturated carbocycles. The fourth-order valence-electron chi connectivity index (χ4n) is 1.79. The van der Waals surface area contributed by atoms with E-state index in [1.807, 2.05) is 25.1 Å². The van der Waals surface area contributed by atoms with E-state index >= 15 is 0 Å². The van der Waals surface area contributed by atoms with Gasteiger partial charge in [0.1, 0.15) is 5.75 Å². The lowest BCUT2D eigenvalue weighted by atomic mass is 10.2. The maximum Gasteiger partial charge on any atom is 0.119 e. The van der Waals surface area contributed by atoms with Crippen LogP contribution in [0.2, 0.25) is 19.6 Å². The number of para-hydroxylation sites is 1. The van der Waals surface area contributed by atoms with Crippen LogP contribution in [0.1, 0.15) is 12.5 Å². The Balaban J connectivity index is 2.71. The summed E-state index contributed by atoms with van der Waals surface area (Å²) in [6.45, 7) is 13.5. The maximum absolute atomic E-state index is 10.3. The molecule has 2 nitrogen and oxygen atoms in total. The molecule has 0 radical (unpaired) electrons. The van der Waals surface area contributed by atoms with Gasteiger partial charge in [0.15, 0.2) is 0 Å². The molecule has 19 heavy (non-hydrogen) atoms. The lowest BCUT2D eigenvalue weighted by molar-refractivity contribution is 0.469. The summed E-state index contributed by atoms with van der Waals surface area (Å²) < 4.78 is 0. The van der Waals surface area contributed by atoms with Crippen LogP contribution in [-0.4, -0.2) is 19.7 Å². The molecule has 0 aromatic heterocycles. The Morgan fingerprint density at radius 3 is 2.63 bits per heavy atom. The first kappa shape index (κ1) is 15.6. The maximum atomic E-state index is 10.3. The number of hydrogen-bond donors (Lipinski definition) is 2. The number of allylic oxidation sites excluding steroid dienone is 1. The molecule has 0 atom stereocenters. The second-order valence-corrected chi connectivity index (χ2v) is 10.8. The van der Waals surface area contributed by atoms with Crippen molar-refractivity contribution >= 4 is 13.3 Å². The normalized spacial score (nSPS) is 10.7. The van der Waals surface area contributed by atoms with Crippen molar-refractivity contribution in [2.45, 2.75) is 33.1 Å². The third kappa shape index (κ3) is 4.94. The minimum Gasteiger partial charge on any atom is -0.508 e. The first-order valence-corrected chi connectivity index (χ1v) is 9.99. The molecule has 0 aliphatic heterocycles. The summed E-state index contributed by atoms with van der Waals surface area (Å²) in [5.74, 6) is 6.35. The minimum absolute atomic E-state index is 0.446. The highest BCUT2D eigenvalue weighted by atomic mass is 28.3. The number of phenolic OH excluding ortho intramolecular Hbond substituents is 1. The lowest BCUT2D eigenvalue weighted by Crippen LogP contribution is -2.38. The van der Waals surface area contributed by atoms with Crippen molar-refractivity contribution in [3.8, 4) is 17.6 Å². The summed E-state index contributed by atoms with van der Waals surface area (Å²) in [6.07, 6.45) is 0. The Hall–Kier alpha value is -1.50. The molecule has 1 aromatic carbocycles. The minimum atomic E-state index is -1.50. The molecule has 0 saturated heterocycles. The van der Waals surface area contributed by atoms with E-state index in [-0.39, 0.29) is 0 Å². The molecular formula is C16H23NOSi. The highest BCUT2D eigenvalue weighted by molar-refractivity contribution is 6.89. The predicted octanol–water partition coefficient (Wildman–Crippen LogP) is 2.61. The van der Waals surface area contributed by atoms with Crippen molar-refractivity contribution in [1.82, 2.24) is 5.32 Å². The Kier molecular flexibility index (Phi) is 5.40. The van der Waals surface area contributed by atoms with Crippen LogP contribution in [-0.2, 0) is 6.54 Å². The van der Waals surface area contributed by atoms with Gasteiger partial charge in [0, 0.05) is 12.1 Å². The zero-order valence-electron chi connectivity index (χ0n) is 12.3. The van der Waals surface area contributed by atoms with Crippen molar-refractivity contribution in [2.24, 2.45) is 0 Å². The van der Waals surface area contributed by atoms with E-state index in [1.165, 1.54) is 0 Å². The average molecular weight is 273 g/mol. The van der Waals surface area contributed by atoms with E-state index in [2.05, 4.69) is 43.4 Å². The number of nitrogens with one attached hydrogen (secondary N) is 1. The largest absolute Gasteiger partial charge is 0.508 e. The summed E-state index contributed by atoms with van der Waals surface area (Å²) in [5.41, 5.74) is 1.81. The molecular weight excluding hydrogens is 250 g/mol. The molecule has 0 fully saturated rings. The van der Waals surface area contributed by atoms with E-state index in [0.717, 1.165) is 16.3 Å². The first-order valence-electron chi connectivity index (χ1n) is 6.49. The van der Waals surface area contributed by atoms with Gasteiger partial charge in [-0.1, -0.05) is 56.3 Å². The number of benzene rings is 1. The van der Waals surface area contributed by atoms with Crippen molar-refractivity contribution in [1.29, 1.82) is 0 Å². The summed E-state index contributed by atoms with van der Waals surface area (Å²) in [4.78, 5) is 0. The average Bonchev–Trinajstić information content (AvgIpc) is 2.28. The van der Waals surface area contributed by atoms with Gasteiger partial charge >= 0.3 is 0 Å². The Bertz CT molecular complexity index is 518. The number of hydrogen-bond acceptors (Lipinski definition) is 2. The first-order chi connectivity index (χ1) is 8.82. The fourth-order valence-corrected chi connectivity index (χ4v) is 3.26. The molecule has 1 rings (SSSR count). The van der Waals surface area contributed by atoms with Crippen LogP contribution >= 0.6 is 0 Å². The SMILES string of the molecule is C=C(C)C#CCNCc1cccc([Si](C)(C)C)c1O. The van der Waals surface area contributed by atoms with E-state index in [4.69, 9.17) is 0 Å². The molecule has 0 amide bonds. The highest BCUT2D eigenvalue weighted by Crippen LogP contribution is 2.18. The standard InChI is InChI=1S/C16H23NOSi/c1-13(2)8-7-11-17-12-14-9-6-10-15(16(14)18)19(3,4)5/h6,9-10,17-18H,1,11-12H2,2-5H3. The smallest absolute Gasteiger partial charge is 0.119 e. The van der Waals surface area contributed by atoms with Crippen LogP contribution in [0.5, 0.6) is 5.75 Å². The second kappa shape index (κ2) is 6.60. The van der Waals surface area contributed by atoms with Crippen LogP contribution in [0.15, 0.2) is 30.4 Å². The molecule has 0 aliphatic carbocycles. The lowest BCUT2D eigenvalue weighted by Gasteiger charge is -2.20. The van der Waals surface area contributed by atoms with Crippen LogP contribution < -0.4 is 10.5 Å². The molecule has 1 aromatic rings. The van der Waals surface area contributed by atoms with Gasteiger partial charge in [-0.25, -0.2) is 0 Å². The molecule has 102 valence electrons. The summed E-state index contributed by atoms with van der Waals surface area (Å²) in [7, 11) is -1.50. The number of rotatable bonds is 4. The van der Waals surface area contributed by atoms with Gasteiger partial charge in [0.25, 0.3) is 0 Å². The van der Waals surface area contributed by atoms with Gasteiger partial charge in [-0.2, -0.15) is 0 Å². The molecule has 0 aliphatic rings. The summed E-state index contributed by atoms with van der Waals surface area (Å²) in [5, 5.41) is 14.6. The quantitative estimate of drug-likeness (QED) is 0.502. The van der Waals surface area contributed by atoms with E-state index in [9.17, 15) is 5.11 Å². The Morgan fingerprint density at radius 2 is 2.05 bits per heavy atom.